The SMILES string of the molecule is COc1cccc(C(=O)Oc2ccc(/C=N\NC(=O)COc3ccc(C)cc3[N+](=O)[O-])cc2OC)c1. The molecule has 3 aromatic carbocycles. The van der Waals surface area contributed by atoms with Gasteiger partial charge >= 0.3 is 11.7 Å². The summed E-state index contributed by atoms with van der Waals surface area (Å²) in [5, 5.41) is 15.0. The van der Waals surface area contributed by atoms with Crippen LogP contribution in [0.5, 0.6) is 23.0 Å². The molecule has 3 aromatic rings. The Morgan fingerprint density at radius 2 is 1.78 bits per heavy atom. The Morgan fingerprint density at radius 3 is 2.50 bits per heavy atom. The molecule has 0 aliphatic carbocycles. The standard InChI is InChI=1S/C25H23N3O8/c1-16-7-9-21(20(11-16)28(31)32)35-15-24(29)27-26-14-17-8-10-22(23(12-17)34-3)36-25(30)18-5-4-6-19(13-18)33-2/h4-14H,15H2,1-3H3,(H,27,29)/b26-14-. The first-order valence-electron chi connectivity index (χ1n) is 10.5. The Hall–Kier alpha value is -4.93. The first kappa shape index (κ1) is 25.7. The molecule has 0 atom stereocenters. The second-order valence-corrected chi connectivity index (χ2v) is 7.34. The van der Waals surface area contributed by atoms with E-state index in [1.54, 1.807) is 49.4 Å². The maximum Gasteiger partial charge on any atom is 0.343 e. The number of amides is 1. The lowest BCUT2D eigenvalue weighted by molar-refractivity contribution is -0.385. The van der Waals surface area contributed by atoms with Gasteiger partial charge in [0.2, 0.25) is 0 Å². The maximum atomic E-state index is 12.5. The highest BCUT2D eigenvalue weighted by Crippen LogP contribution is 2.29. The number of methoxy groups -OCH3 is 2. The molecule has 36 heavy (non-hydrogen) atoms. The van der Waals surface area contributed by atoms with Crippen LogP contribution in [0.15, 0.2) is 65.8 Å². The van der Waals surface area contributed by atoms with Crippen molar-refractivity contribution in [1.82, 2.24) is 5.43 Å². The number of aryl methyl sites for hydroxylation is 1. The molecule has 11 nitrogen and oxygen atoms in total. The summed E-state index contributed by atoms with van der Waals surface area (Å²) in [4.78, 5) is 35.0. The number of nitro benzene ring substituents is 1. The monoisotopic (exact) mass is 493 g/mol. The fourth-order valence-electron chi connectivity index (χ4n) is 3.00. The zero-order chi connectivity index (χ0) is 26.1. The van der Waals surface area contributed by atoms with E-state index in [2.05, 4.69) is 10.5 Å². The van der Waals surface area contributed by atoms with Crippen molar-refractivity contribution < 1.29 is 33.5 Å². The third-order valence-electron chi connectivity index (χ3n) is 4.77. The molecule has 0 spiro atoms. The molecule has 0 aliphatic heterocycles. The molecular formula is C25H23N3O8. The maximum absolute atomic E-state index is 12.5. The quantitative estimate of drug-likeness (QED) is 0.148. The fourth-order valence-corrected chi connectivity index (χ4v) is 3.00. The molecule has 0 aliphatic rings. The topological polar surface area (TPSA) is 139 Å². The lowest BCUT2D eigenvalue weighted by Gasteiger charge is -2.10. The molecule has 3 rings (SSSR count). The van der Waals surface area contributed by atoms with Gasteiger partial charge in [0, 0.05) is 6.07 Å². The molecule has 0 unspecified atom stereocenters. The van der Waals surface area contributed by atoms with E-state index in [0.29, 0.717) is 22.4 Å². The van der Waals surface area contributed by atoms with Crippen LogP contribution in [0.4, 0.5) is 5.69 Å². The normalized spacial score (nSPS) is 10.5. The molecule has 1 amide bonds. The van der Waals surface area contributed by atoms with E-state index in [-0.39, 0.29) is 22.9 Å². The lowest BCUT2D eigenvalue weighted by Crippen LogP contribution is -2.24. The third-order valence-corrected chi connectivity index (χ3v) is 4.77. The number of hydrogen-bond acceptors (Lipinski definition) is 9. The van der Waals surface area contributed by atoms with E-state index in [1.807, 2.05) is 0 Å². The van der Waals surface area contributed by atoms with E-state index >= 15 is 0 Å². The Bertz CT molecular complexity index is 1310. The van der Waals surface area contributed by atoms with E-state index in [9.17, 15) is 19.7 Å². The van der Waals surface area contributed by atoms with E-state index in [1.165, 1.54) is 38.6 Å². The third kappa shape index (κ3) is 6.79. The summed E-state index contributed by atoms with van der Waals surface area (Å²) in [6, 6.07) is 15.7. The minimum Gasteiger partial charge on any atom is -0.497 e. The van der Waals surface area contributed by atoms with Crippen molar-refractivity contribution in [3.05, 3.63) is 87.5 Å². The number of nitrogens with one attached hydrogen (secondary N) is 1. The molecule has 0 saturated heterocycles. The second kappa shape index (κ2) is 12.0. The van der Waals surface area contributed by atoms with Crippen molar-refractivity contribution in [2.45, 2.75) is 6.92 Å². The molecule has 1 N–H and O–H groups in total. The van der Waals surface area contributed by atoms with Gasteiger partial charge in [0.05, 0.1) is 30.9 Å². The number of benzene rings is 3. The average molecular weight is 493 g/mol. The van der Waals surface area contributed by atoms with Crippen LogP contribution in [-0.2, 0) is 4.79 Å². The minimum atomic E-state index is -0.614. The minimum absolute atomic E-state index is 0.0199. The number of nitrogens with zero attached hydrogens (tertiary/aromatic N) is 2. The van der Waals surface area contributed by atoms with Crippen LogP contribution in [0.2, 0.25) is 0 Å². The van der Waals surface area contributed by atoms with Crippen LogP contribution in [0.1, 0.15) is 21.5 Å². The predicted molar refractivity (Wildman–Crippen MR) is 130 cm³/mol. The van der Waals surface area contributed by atoms with Gasteiger partial charge in [-0.1, -0.05) is 12.1 Å². The number of rotatable bonds is 10. The summed E-state index contributed by atoms with van der Waals surface area (Å²) in [5.74, 6) is -0.233. The van der Waals surface area contributed by atoms with Gasteiger partial charge in [-0.3, -0.25) is 14.9 Å². The summed E-state index contributed by atoms with van der Waals surface area (Å²) in [7, 11) is 2.92. The van der Waals surface area contributed by atoms with Crippen molar-refractivity contribution in [2.75, 3.05) is 20.8 Å². The van der Waals surface area contributed by atoms with Crippen LogP contribution >= 0.6 is 0 Å². The summed E-state index contributed by atoms with van der Waals surface area (Å²) >= 11 is 0. The smallest absolute Gasteiger partial charge is 0.343 e. The van der Waals surface area contributed by atoms with Crippen molar-refractivity contribution in [3.8, 4) is 23.0 Å². The molecule has 0 aromatic heterocycles. The Kier molecular flexibility index (Phi) is 8.54. The molecule has 0 saturated carbocycles. The molecule has 0 radical (unpaired) electrons. The van der Waals surface area contributed by atoms with Crippen LogP contribution in [-0.4, -0.2) is 43.8 Å². The number of nitro groups is 1. The van der Waals surface area contributed by atoms with Gasteiger partial charge in [0.15, 0.2) is 23.9 Å². The highest BCUT2D eigenvalue weighted by Gasteiger charge is 2.16. The summed E-state index contributed by atoms with van der Waals surface area (Å²) < 4.78 is 21.1. The van der Waals surface area contributed by atoms with E-state index in [4.69, 9.17) is 18.9 Å². The van der Waals surface area contributed by atoms with Gasteiger partial charge in [0.25, 0.3) is 5.91 Å². The van der Waals surface area contributed by atoms with Gasteiger partial charge < -0.3 is 18.9 Å². The van der Waals surface area contributed by atoms with Crippen LogP contribution < -0.4 is 24.4 Å². The first-order valence-corrected chi connectivity index (χ1v) is 10.5. The van der Waals surface area contributed by atoms with Crippen molar-refractivity contribution in [1.29, 1.82) is 0 Å². The Balaban J connectivity index is 1.59. The molecule has 11 heteroatoms. The van der Waals surface area contributed by atoms with Crippen molar-refractivity contribution >= 4 is 23.8 Å². The number of ether oxygens (including phenoxy) is 4. The van der Waals surface area contributed by atoms with Gasteiger partial charge in [-0.05, 0) is 60.5 Å². The Labute approximate surface area is 206 Å². The van der Waals surface area contributed by atoms with Crippen LogP contribution in [0.3, 0.4) is 0 Å². The number of carbonyl (C=O) groups excluding carboxylic acids is 2. The van der Waals surface area contributed by atoms with Gasteiger partial charge in [-0.25, -0.2) is 10.2 Å². The summed E-state index contributed by atoms with van der Waals surface area (Å²) in [5.41, 5.74) is 3.59. The zero-order valence-corrected chi connectivity index (χ0v) is 19.7. The number of hydrogen-bond donors (Lipinski definition) is 1. The first-order chi connectivity index (χ1) is 17.3. The average Bonchev–Trinajstić information content (AvgIpc) is 2.88. The van der Waals surface area contributed by atoms with Crippen molar-refractivity contribution in [3.63, 3.8) is 0 Å². The van der Waals surface area contributed by atoms with Gasteiger partial charge in [0.1, 0.15) is 5.75 Å². The number of carbonyl (C=O) groups is 2. The fraction of sp³-hybridized carbons (Fsp3) is 0.160. The molecule has 0 bridgehead atoms. The highest BCUT2D eigenvalue weighted by molar-refractivity contribution is 5.92. The molecule has 186 valence electrons. The summed E-state index contributed by atoms with van der Waals surface area (Å²) in [6.07, 6.45) is 1.35. The van der Waals surface area contributed by atoms with Gasteiger partial charge in [-0.2, -0.15) is 5.10 Å². The zero-order valence-electron chi connectivity index (χ0n) is 19.7. The van der Waals surface area contributed by atoms with E-state index in [0.717, 1.165) is 0 Å². The van der Waals surface area contributed by atoms with Crippen LogP contribution in [0, 0.1) is 17.0 Å². The van der Waals surface area contributed by atoms with Crippen LogP contribution in [0.25, 0.3) is 0 Å². The van der Waals surface area contributed by atoms with Crippen molar-refractivity contribution in [2.24, 2.45) is 5.10 Å². The lowest BCUT2D eigenvalue weighted by atomic mass is 10.2. The van der Waals surface area contributed by atoms with Gasteiger partial charge in [-0.15, -0.1) is 0 Å². The molecular weight excluding hydrogens is 470 g/mol. The second-order valence-electron chi connectivity index (χ2n) is 7.34. The molecule has 0 fully saturated rings. The largest absolute Gasteiger partial charge is 0.497 e. The molecule has 0 heterocycles. The predicted octanol–water partition coefficient (Wildman–Crippen LogP) is 3.67. The Morgan fingerprint density at radius 1 is 1.00 bits per heavy atom. The highest BCUT2D eigenvalue weighted by atomic mass is 16.6. The van der Waals surface area contributed by atoms with E-state index < -0.39 is 23.4 Å². The number of esters is 1. The summed E-state index contributed by atoms with van der Waals surface area (Å²) in [6.45, 7) is 1.24. The number of hydrazone groups is 1.